The highest BCUT2D eigenvalue weighted by Crippen LogP contribution is 2.31. The molecule has 0 bridgehead atoms. The average Bonchev–Trinajstić information content (AvgIpc) is 2.43. The third-order valence-electron chi connectivity index (χ3n) is 4.07. The van der Waals surface area contributed by atoms with Crippen LogP contribution in [0.25, 0.3) is 0 Å². The molecule has 0 aliphatic heterocycles. The molecule has 0 aromatic heterocycles. The summed E-state index contributed by atoms with van der Waals surface area (Å²) in [5, 5.41) is 10.4. The lowest BCUT2D eigenvalue weighted by Crippen LogP contribution is -2.45. The zero-order valence-corrected chi connectivity index (χ0v) is 12.8. The second kappa shape index (κ2) is 5.90. The van der Waals surface area contributed by atoms with E-state index in [0.29, 0.717) is 18.8 Å². The van der Waals surface area contributed by atoms with Crippen LogP contribution in [0.15, 0.2) is 23.1 Å². The molecule has 0 spiro atoms. The number of rotatable bonds is 4. The summed E-state index contributed by atoms with van der Waals surface area (Å²) in [6.07, 6.45) is 2.90. The molecule has 4 N–H and O–H groups in total. The van der Waals surface area contributed by atoms with Crippen LogP contribution >= 0.6 is 0 Å². The van der Waals surface area contributed by atoms with Crippen LogP contribution in [-0.2, 0) is 10.0 Å². The van der Waals surface area contributed by atoms with E-state index >= 15 is 0 Å². The van der Waals surface area contributed by atoms with Gasteiger partial charge in [0.15, 0.2) is 0 Å². The standard InChI is InChI=1S/C14H21FN2O3S/c1-10-4-6-14(18,7-5-10)9-17-21(19,20)11-2-3-12(15)13(16)8-11/h2-3,8,10,17-18H,4-7,9,16H2,1H3. The molecule has 1 aromatic rings. The minimum Gasteiger partial charge on any atom is -0.396 e. The quantitative estimate of drug-likeness (QED) is 0.736. The Labute approximate surface area is 124 Å². The molecule has 21 heavy (non-hydrogen) atoms. The molecule has 0 atom stereocenters. The molecule has 1 fully saturated rings. The van der Waals surface area contributed by atoms with Crippen LogP contribution in [-0.4, -0.2) is 25.7 Å². The van der Waals surface area contributed by atoms with Gasteiger partial charge >= 0.3 is 0 Å². The van der Waals surface area contributed by atoms with Crippen molar-refractivity contribution in [3.8, 4) is 0 Å². The fraction of sp³-hybridized carbons (Fsp3) is 0.571. The van der Waals surface area contributed by atoms with E-state index in [1.165, 1.54) is 0 Å². The van der Waals surface area contributed by atoms with Gasteiger partial charge in [0.05, 0.1) is 16.2 Å². The Kier molecular flexibility index (Phi) is 4.55. The normalized spacial score (nSPS) is 26.7. The van der Waals surface area contributed by atoms with Gasteiger partial charge in [0.2, 0.25) is 10.0 Å². The summed E-state index contributed by atoms with van der Waals surface area (Å²) in [5.41, 5.74) is 4.15. The fourth-order valence-corrected chi connectivity index (χ4v) is 3.63. The first-order chi connectivity index (χ1) is 9.72. The van der Waals surface area contributed by atoms with Crippen LogP contribution in [0.1, 0.15) is 32.6 Å². The van der Waals surface area contributed by atoms with E-state index in [1.807, 2.05) is 0 Å². The highest BCUT2D eigenvalue weighted by atomic mass is 32.2. The van der Waals surface area contributed by atoms with Crippen molar-refractivity contribution in [1.29, 1.82) is 0 Å². The van der Waals surface area contributed by atoms with Crippen molar-refractivity contribution < 1.29 is 17.9 Å². The molecule has 0 saturated heterocycles. The SMILES string of the molecule is CC1CCC(O)(CNS(=O)(=O)c2ccc(F)c(N)c2)CC1. The Morgan fingerprint density at radius 1 is 1.43 bits per heavy atom. The van der Waals surface area contributed by atoms with Crippen LogP contribution in [0.2, 0.25) is 0 Å². The van der Waals surface area contributed by atoms with Gasteiger partial charge in [0.1, 0.15) is 5.82 Å². The fourth-order valence-electron chi connectivity index (χ4n) is 2.48. The molecule has 0 radical (unpaired) electrons. The topological polar surface area (TPSA) is 92.4 Å². The monoisotopic (exact) mass is 316 g/mol. The zero-order valence-electron chi connectivity index (χ0n) is 12.0. The van der Waals surface area contributed by atoms with Gasteiger partial charge in [-0.15, -0.1) is 0 Å². The number of halogens is 1. The summed E-state index contributed by atoms with van der Waals surface area (Å²) in [4.78, 5) is -0.103. The second-order valence-electron chi connectivity index (χ2n) is 5.91. The molecule has 2 rings (SSSR count). The van der Waals surface area contributed by atoms with Crippen LogP contribution < -0.4 is 10.5 Å². The minimum atomic E-state index is -3.81. The van der Waals surface area contributed by atoms with Crippen LogP contribution in [0.4, 0.5) is 10.1 Å². The highest BCUT2D eigenvalue weighted by molar-refractivity contribution is 7.89. The van der Waals surface area contributed by atoms with Gasteiger partial charge in [0.25, 0.3) is 0 Å². The lowest BCUT2D eigenvalue weighted by molar-refractivity contribution is -0.00182. The average molecular weight is 316 g/mol. The van der Waals surface area contributed by atoms with Crippen molar-refractivity contribution in [2.24, 2.45) is 5.92 Å². The molecule has 5 nitrogen and oxygen atoms in total. The van der Waals surface area contributed by atoms with Gasteiger partial charge in [-0.25, -0.2) is 17.5 Å². The van der Waals surface area contributed by atoms with E-state index in [9.17, 15) is 17.9 Å². The third kappa shape index (κ3) is 3.93. The molecule has 0 unspecified atom stereocenters. The molecule has 1 saturated carbocycles. The first kappa shape index (κ1) is 16.2. The number of nitrogen functional groups attached to an aromatic ring is 1. The Balaban J connectivity index is 2.06. The van der Waals surface area contributed by atoms with E-state index < -0.39 is 21.4 Å². The number of benzene rings is 1. The van der Waals surface area contributed by atoms with E-state index in [2.05, 4.69) is 11.6 Å². The number of nitrogens with two attached hydrogens (primary N) is 1. The summed E-state index contributed by atoms with van der Waals surface area (Å²) in [6.45, 7) is 2.07. The lowest BCUT2D eigenvalue weighted by Gasteiger charge is -2.34. The maximum atomic E-state index is 13.1. The summed E-state index contributed by atoms with van der Waals surface area (Å²) >= 11 is 0. The minimum absolute atomic E-state index is 0.0423. The Morgan fingerprint density at radius 3 is 2.62 bits per heavy atom. The first-order valence-electron chi connectivity index (χ1n) is 6.99. The Hall–Kier alpha value is -1.18. The third-order valence-corrected chi connectivity index (χ3v) is 5.47. The van der Waals surface area contributed by atoms with E-state index in [-0.39, 0.29) is 17.1 Å². The van der Waals surface area contributed by atoms with Crippen molar-refractivity contribution in [2.45, 2.75) is 43.1 Å². The van der Waals surface area contributed by atoms with Crippen molar-refractivity contribution in [1.82, 2.24) is 4.72 Å². The van der Waals surface area contributed by atoms with Gasteiger partial charge in [-0.3, -0.25) is 0 Å². The molecular weight excluding hydrogens is 295 g/mol. The second-order valence-corrected chi connectivity index (χ2v) is 7.68. The summed E-state index contributed by atoms with van der Waals surface area (Å²) in [7, 11) is -3.81. The molecular formula is C14H21FN2O3S. The maximum absolute atomic E-state index is 13.1. The number of hydrogen-bond acceptors (Lipinski definition) is 4. The lowest BCUT2D eigenvalue weighted by atomic mass is 9.80. The van der Waals surface area contributed by atoms with E-state index in [0.717, 1.165) is 31.0 Å². The predicted molar refractivity (Wildman–Crippen MR) is 78.6 cm³/mol. The number of nitrogens with one attached hydrogen (secondary N) is 1. The first-order valence-corrected chi connectivity index (χ1v) is 8.47. The van der Waals surface area contributed by atoms with Gasteiger partial charge in [-0.1, -0.05) is 6.92 Å². The van der Waals surface area contributed by atoms with Gasteiger partial charge in [-0.05, 0) is 49.8 Å². The van der Waals surface area contributed by atoms with Crippen molar-refractivity contribution >= 4 is 15.7 Å². The van der Waals surface area contributed by atoms with Crippen molar-refractivity contribution in [2.75, 3.05) is 12.3 Å². The number of aliphatic hydroxyl groups is 1. The predicted octanol–water partition coefficient (Wildman–Crippen LogP) is 1.63. The Bertz CT molecular complexity index is 611. The smallest absolute Gasteiger partial charge is 0.240 e. The van der Waals surface area contributed by atoms with Crippen molar-refractivity contribution in [3.63, 3.8) is 0 Å². The molecule has 1 aromatic carbocycles. The highest BCUT2D eigenvalue weighted by Gasteiger charge is 2.33. The van der Waals surface area contributed by atoms with Gasteiger partial charge in [-0.2, -0.15) is 0 Å². The van der Waals surface area contributed by atoms with Gasteiger partial charge < -0.3 is 10.8 Å². The maximum Gasteiger partial charge on any atom is 0.240 e. The van der Waals surface area contributed by atoms with Crippen LogP contribution in [0.5, 0.6) is 0 Å². The summed E-state index contributed by atoms with van der Waals surface area (Å²) < 4.78 is 39.8. The molecule has 118 valence electrons. The number of sulfonamides is 1. The largest absolute Gasteiger partial charge is 0.396 e. The number of hydrogen-bond donors (Lipinski definition) is 3. The van der Waals surface area contributed by atoms with Gasteiger partial charge in [0, 0.05) is 6.54 Å². The molecule has 0 amide bonds. The van der Waals surface area contributed by atoms with Crippen molar-refractivity contribution in [3.05, 3.63) is 24.0 Å². The molecule has 0 heterocycles. The molecule has 7 heteroatoms. The Morgan fingerprint density at radius 2 is 2.05 bits per heavy atom. The van der Waals surface area contributed by atoms with Crippen LogP contribution in [0, 0.1) is 11.7 Å². The number of anilines is 1. The van der Waals surface area contributed by atoms with Crippen LogP contribution in [0.3, 0.4) is 0 Å². The summed E-state index contributed by atoms with van der Waals surface area (Å²) in [5.74, 6) is -0.104. The zero-order chi connectivity index (χ0) is 15.7. The molecule has 1 aliphatic carbocycles. The van der Waals surface area contributed by atoms with E-state index in [1.54, 1.807) is 0 Å². The summed E-state index contributed by atoms with van der Waals surface area (Å²) in [6, 6.07) is 3.24. The molecule has 1 aliphatic rings. The van der Waals surface area contributed by atoms with E-state index in [4.69, 9.17) is 5.73 Å².